The summed E-state index contributed by atoms with van der Waals surface area (Å²) < 4.78 is 21.7. The highest BCUT2D eigenvalue weighted by Gasteiger charge is 2.22. The molecule has 1 heterocycles. The summed E-state index contributed by atoms with van der Waals surface area (Å²) in [5.41, 5.74) is 1.14. The van der Waals surface area contributed by atoms with Crippen LogP contribution in [0.2, 0.25) is 0 Å². The second kappa shape index (κ2) is 10.8. The minimum absolute atomic E-state index is 0.0184. The maximum Gasteiger partial charge on any atom is 0.269 e. The third-order valence-electron chi connectivity index (χ3n) is 4.87. The number of nitrogens with zero attached hydrogens (tertiary/aromatic N) is 4. The first kappa shape index (κ1) is 23.9. The normalized spacial score (nSPS) is 11.6. The summed E-state index contributed by atoms with van der Waals surface area (Å²) >= 11 is 1.16. The Kier molecular flexibility index (Phi) is 7.36. The van der Waals surface area contributed by atoms with Crippen molar-refractivity contribution in [2.45, 2.75) is 18.2 Å². The van der Waals surface area contributed by atoms with Crippen molar-refractivity contribution in [3.8, 4) is 11.4 Å². The molecule has 0 aliphatic rings. The minimum atomic E-state index is -0.636. The quantitative estimate of drug-likeness (QED) is 0.194. The number of halogens is 1. The molecule has 178 valence electrons. The summed E-state index contributed by atoms with van der Waals surface area (Å²) in [4.78, 5) is 22.8. The molecule has 0 spiro atoms. The number of hydrogen-bond donors (Lipinski definition) is 1. The van der Waals surface area contributed by atoms with Gasteiger partial charge >= 0.3 is 0 Å². The minimum Gasteiger partial charge on any atom is -0.480 e. The van der Waals surface area contributed by atoms with Crippen LogP contribution in [-0.2, 0) is 4.79 Å². The Morgan fingerprint density at radius 3 is 2.46 bits per heavy atom. The van der Waals surface area contributed by atoms with Gasteiger partial charge in [-0.15, -0.1) is 10.2 Å². The standard InChI is InChI=1S/C24H20FN5O4S/c1-16(34-21-10-6-5-9-20(21)25)23-27-28-24(29(23)18-7-3-2-4-8-18)35-15-22(31)26-17-11-13-19(14-12-17)30(32)33/h2-14,16H,15H2,1H3,(H,26,31). The van der Waals surface area contributed by atoms with Crippen molar-refractivity contribution >= 4 is 29.0 Å². The molecule has 0 fully saturated rings. The molecular weight excluding hydrogens is 473 g/mol. The van der Waals surface area contributed by atoms with Gasteiger partial charge in [0.15, 0.2) is 28.7 Å². The third-order valence-corrected chi connectivity index (χ3v) is 5.80. The lowest BCUT2D eigenvalue weighted by molar-refractivity contribution is -0.384. The Labute approximate surface area is 204 Å². The number of carbonyl (C=O) groups excluding carboxylic acids is 1. The van der Waals surface area contributed by atoms with Gasteiger partial charge in [-0.2, -0.15) is 0 Å². The molecule has 0 aliphatic heterocycles. The molecule has 9 nitrogen and oxygen atoms in total. The third kappa shape index (κ3) is 5.82. The van der Waals surface area contributed by atoms with E-state index < -0.39 is 16.8 Å². The number of ether oxygens (including phenoxy) is 1. The van der Waals surface area contributed by atoms with Gasteiger partial charge in [0.05, 0.1) is 10.7 Å². The molecule has 4 aromatic rings. The molecule has 0 aliphatic carbocycles. The van der Waals surface area contributed by atoms with Gasteiger partial charge in [0.1, 0.15) is 0 Å². The number of para-hydroxylation sites is 2. The Balaban J connectivity index is 1.51. The van der Waals surface area contributed by atoms with Gasteiger partial charge in [0, 0.05) is 23.5 Å². The number of amides is 1. The van der Waals surface area contributed by atoms with Crippen molar-refractivity contribution in [2.75, 3.05) is 11.1 Å². The van der Waals surface area contributed by atoms with Crippen molar-refractivity contribution in [3.63, 3.8) is 0 Å². The first-order chi connectivity index (χ1) is 16.9. The summed E-state index contributed by atoms with van der Waals surface area (Å²) in [6, 6.07) is 21.0. The lowest BCUT2D eigenvalue weighted by Gasteiger charge is -2.17. The van der Waals surface area contributed by atoms with Gasteiger partial charge < -0.3 is 10.1 Å². The van der Waals surface area contributed by atoms with Crippen LogP contribution in [0.25, 0.3) is 5.69 Å². The zero-order valence-corrected chi connectivity index (χ0v) is 19.3. The summed E-state index contributed by atoms with van der Waals surface area (Å²) in [6.07, 6.45) is -0.636. The molecule has 1 N–H and O–H groups in total. The van der Waals surface area contributed by atoms with Gasteiger partial charge in [0.25, 0.3) is 5.69 Å². The molecule has 4 rings (SSSR count). The number of aromatic nitrogens is 3. The lowest BCUT2D eigenvalue weighted by atomic mass is 10.3. The number of rotatable bonds is 9. The number of nitrogens with one attached hydrogen (secondary N) is 1. The van der Waals surface area contributed by atoms with Gasteiger partial charge in [-0.05, 0) is 43.3 Å². The number of anilines is 1. The predicted octanol–water partition coefficient (Wildman–Crippen LogP) is 5.19. The SMILES string of the molecule is CC(Oc1ccccc1F)c1nnc(SCC(=O)Nc2ccc([N+](=O)[O-])cc2)n1-c1ccccc1. The van der Waals surface area contributed by atoms with Crippen LogP contribution in [0.1, 0.15) is 18.9 Å². The molecule has 35 heavy (non-hydrogen) atoms. The number of thioether (sulfide) groups is 1. The Morgan fingerprint density at radius 1 is 1.09 bits per heavy atom. The predicted molar refractivity (Wildman–Crippen MR) is 129 cm³/mol. The lowest BCUT2D eigenvalue weighted by Crippen LogP contribution is -2.15. The van der Waals surface area contributed by atoms with Crippen molar-refractivity contribution in [1.29, 1.82) is 0 Å². The molecule has 1 unspecified atom stereocenters. The van der Waals surface area contributed by atoms with E-state index in [1.807, 2.05) is 30.3 Å². The van der Waals surface area contributed by atoms with E-state index >= 15 is 0 Å². The first-order valence-corrected chi connectivity index (χ1v) is 11.5. The number of hydrogen-bond acceptors (Lipinski definition) is 7. The van der Waals surface area contributed by atoms with E-state index in [1.54, 1.807) is 23.6 Å². The number of carbonyl (C=O) groups is 1. The molecule has 3 aromatic carbocycles. The molecule has 1 amide bonds. The Hall–Kier alpha value is -4.25. The highest BCUT2D eigenvalue weighted by Crippen LogP contribution is 2.29. The molecule has 1 atom stereocenters. The van der Waals surface area contributed by atoms with Crippen LogP contribution in [0.15, 0.2) is 84.0 Å². The average molecular weight is 494 g/mol. The van der Waals surface area contributed by atoms with Crippen LogP contribution < -0.4 is 10.1 Å². The fraction of sp³-hybridized carbons (Fsp3) is 0.125. The van der Waals surface area contributed by atoms with Crippen LogP contribution in [0.4, 0.5) is 15.8 Å². The molecule has 0 saturated heterocycles. The molecule has 0 radical (unpaired) electrons. The van der Waals surface area contributed by atoms with Crippen LogP contribution in [-0.4, -0.2) is 31.3 Å². The molecule has 1 aromatic heterocycles. The summed E-state index contributed by atoms with van der Waals surface area (Å²) in [7, 11) is 0. The maximum absolute atomic E-state index is 14.1. The van der Waals surface area contributed by atoms with Crippen LogP contribution in [0, 0.1) is 15.9 Å². The van der Waals surface area contributed by atoms with E-state index in [0.29, 0.717) is 16.7 Å². The highest BCUT2D eigenvalue weighted by atomic mass is 32.2. The van der Waals surface area contributed by atoms with E-state index in [1.165, 1.54) is 36.4 Å². The zero-order valence-electron chi connectivity index (χ0n) is 18.5. The van der Waals surface area contributed by atoms with E-state index in [4.69, 9.17) is 4.74 Å². The van der Waals surface area contributed by atoms with E-state index in [9.17, 15) is 19.3 Å². The van der Waals surface area contributed by atoms with Gasteiger partial charge in [0.2, 0.25) is 5.91 Å². The molecule has 0 saturated carbocycles. The van der Waals surface area contributed by atoms with Gasteiger partial charge in [-0.3, -0.25) is 19.5 Å². The molecular formula is C24H20FN5O4S. The summed E-state index contributed by atoms with van der Waals surface area (Å²) in [5.74, 6) is -0.242. The Bertz CT molecular complexity index is 1330. The first-order valence-electron chi connectivity index (χ1n) is 10.5. The second-order valence-corrected chi connectivity index (χ2v) is 8.29. The van der Waals surface area contributed by atoms with Crippen molar-refractivity contribution in [3.05, 3.63) is 101 Å². The number of nitro benzene ring substituents is 1. The van der Waals surface area contributed by atoms with Gasteiger partial charge in [-0.1, -0.05) is 42.1 Å². The molecule has 11 heteroatoms. The average Bonchev–Trinajstić information content (AvgIpc) is 3.29. The Morgan fingerprint density at radius 2 is 1.77 bits per heavy atom. The number of nitro groups is 1. The largest absolute Gasteiger partial charge is 0.480 e. The second-order valence-electron chi connectivity index (χ2n) is 7.34. The summed E-state index contributed by atoms with van der Waals surface area (Å²) in [6.45, 7) is 1.74. The smallest absolute Gasteiger partial charge is 0.269 e. The highest BCUT2D eigenvalue weighted by molar-refractivity contribution is 7.99. The fourth-order valence-electron chi connectivity index (χ4n) is 3.23. The molecule has 0 bridgehead atoms. The van der Waals surface area contributed by atoms with E-state index in [-0.39, 0.29) is 23.1 Å². The number of benzene rings is 3. The summed E-state index contributed by atoms with van der Waals surface area (Å²) in [5, 5.41) is 22.4. The van der Waals surface area contributed by atoms with Crippen molar-refractivity contribution < 1.29 is 18.8 Å². The van der Waals surface area contributed by atoms with Crippen LogP contribution in [0.3, 0.4) is 0 Å². The van der Waals surface area contributed by atoms with Crippen LogP contribution >= 0.6 is 11.8 Å². The fourth-order valence-corrected chi connectivity index (χ4v) is 3.99. The van der Waals surface area contributed by atoms with Crippen molar-refractivity contribution in [1.82, 2.24) is 14.8 Å². The van der Waals surface area contributed by atoms with Gasteiger partial charge in [-0.25, -0.2) is 4.39 Å². The van der Waals surface area contributed by atoms with E-state index in [2.05, 4.69) is 15.5 Å². The maximum atomic E-state index is 14.1. The number of non-ortho nitro benzene ring substituents is 1. The monoisotopic (exact) mass is 493 g/mol. The van der Waals surface area contributed by atoms with E-state index in [0.717, 1.165) is 17.4 Å². The van der Waals surface area contributed by atoms with Crippen molar-refractivity contribution in [2.24, 2.45) is 0 Å². The zero-order chi connectivity index (χ0) is 24.8. The van der Waals surface area contributed by atoms with Crippen LogP contribution in [0.5, 0.6) is 5.75 Å². The topological polar surface area (TPSA) is 112 Å².